The van der Waals surface area contributed by atoms with E-state index in [1.54, 1.807) is 10.8 Å². The van der Waals surface area contributed by atoms with Crippen molar-refractivity contribution in [1.82, 2.24) is 4.98 Å². The molecule has 0 saturated heterocycles. The molecule has 0 saturated carbocycles. The van der Waals surface area contributed by atoms with Gasteiger partial charge >= 0.3 is 0 Å². The number of rotatable bonds is 19. The molecule has 2 nitrogen and oxygen atoms in total. The van der Waals surface area contributed by atoms with E-state index in [0.29, 0.717) is 6.04 Å². The molecule has 1 unspecified atom stereocenters. The average Bonchev–Trinajstić information content (AvgIpc) is 2.75. The third-order valence-electron chi connectivity index (χ3n) is 4.88. The maximum Gasteiger partial charge on any atom is 0.106 e. The van der Waals surface area contributed by atoms with Gasteiger partial charge in [-0.25, -0.2) is 4.98 Å². The molecule has 4 heteroatoms. The third kappa shape index (κ3) is 17.8. The van der Waals surface area contributed by atoms with Crippen LogP contribution < -0.4 is 5.73 Å². The summed E-state index contributed by atoms with van der Waals surface area (Å²) in [5, 5.41) is 1.08. The lowest BCUT2D eigenvalue weighted by Crippen LogP contribution is -2.20. The van der Waals surface area contributed by atoms with Gasteiger partial charge in [-0.2, -0.15) is 0 Å². The van der Waals surface area contributed by atoms with Gasteiger partial charge in [0.15, 0.2) is 0 Å². The third-order valence-corrected chi connectivity index (χ3v) is 7.18. The molecule has 0 aliphatic carbocycles. The van der Waals surface area contributed by atoms with Crippen LogP contribution in [-0.4, -0.2) is 16.8 Å². The van der Waals surface area contributed by atoms with Crippen molar-refractivity contribution in [3.8, 4) is 0 Å². The Hall–Kier alpha value is -0.710. The zero-order valence-electron chi connectivity index (χ0n) is 18.4. The van der Waals surface area contributed by atoms with Crippen molar-refractivity contribution in [2.75, 3.05) is 5.75 Å². The molecule has 0 aliphatic heterocycles. The minimum Gasteiger partial charge on any atom is -0.328 e. The number of hydrogen-bond acceptors (Lipinski definition) is 4. The second kappa shape index (κ2) is 20.6. The minimum absolute atomic E-state index is 0.352. The minimum atomic E-state index is 0.352. The molecule has 0 bridgehead atoms. The molecule has 164 valence electrons. The maximum absolute atomic E-state index is 6.25. The molecule has 0 amide bonds. The highest BCUT2D eigenvalue weighted by atomic mass is 33.1. The van der Waals surface area contributed by atoms with Gasteiger partial charge in [0.05, 0.1) is 0 Å². The number of hydrogen-bond donors (Lipinski definition) is 1. The Morgan fingerprint density at radius 2 is 1.62 bits per heavy atom. The van der Waals surface area contributed by atoms with Gasteiger partial charge in [-0.05, 0) is 67.9 Å². The fourth-order valence-corrected chi connectivity index (χ4v) is 5.10. The number of aromatic nitrogens is 1. The van der Waals surface area contributed by atoms with Crippen LogP contribution in [0.5, 0.6) is 0 Å². The SMILES string of the molecule is CCCCCC=CCC=CCCCCCCCC(N)CCSSc1ccccn1. The molecule has 0 fully saturated rings. The van der Waals surface area contributed by atoms with Crippen molar-refractivity contribution in [1.29, 1.82) is 0 Å². The summed E-state index contributed by atoms with van der Waals surface area (Å²) in [5.74, 6) is 1.10. The van der Waals surface area contributed by atoms with Gasteiger partial charge in [-0.15, -0.1) is 0 Å². The van der Waals surface area contributed by atoms with Gasteiger partial charge in [0.1, 0.15) is 5.03 Å². The van der Waals surface area contributed by atoms with E-state index in [1.165, 1.54) is 70.6 Å². The zero-order chi connectivity index (χ0) is 20.8. The van der Waals surface area contributed by atoms with Crippen LogP contribution in [-0.2, 0) is 0 Å². The van der Waals surface area contributed by atoms with Crippen molar-refractivity contribution in [2.45, 2.75) is 101 Å². The molecule has 29 heavy (non-hydrogen) atoms. The number of allylic oxidation sites excluding steroid dienone is 4. The molecular weight excluding hydrogens is 392 g/mol. The van der Waals surface area contributed by atoms with Crippen LogP contribution in [0, 0.1) is 0 Å². The van der Waals surface area contributed by atoms with Crippen molar-refractivity contribution >= 4 is 21.6 Å². The Kier molecular flexibility index (Phi) is 18.7. The zero-order valence-corrected chi connectivity index (χ0v) is 20.1. The largest absolute Gasteiger partial charge is 0.328 e. The number of pyridine rings is 1. The average molecular weight is 435 g/mol. The van der Waals surface area contributed by atoms with E-state index >= 15 is 0 Å². The summed E-state index contributed by atoms with van der Waals surface area (Å²) in [6.45, 7) is 2.26. The first-order valence-electron chi connectivity index (χ1n) is 11.6. The van der Waals surface area contributed by atoms with Crippen LogP contribution in [0.1, 0.15) is 90.4 Å². The molecule has 0 radical (unpaired) electrons. The van der Waals surface area contributed by atoms with E-state index in [9.17, 15) is 0 Å². The fraction of sp³-hybridized carbons (Fsp3) is 0.640. The molecule has 0 spiro atoms. The summed E-state index contributed by atoms with van der Waals surface area (Å²) in [5.41, 5.74) is 6.25. The molecule has 1 heterocycles. The van der Waals surface area contributed by atoms with Crippen LogP contribution >= 0.6 is 21.6 Å². The first-order valence-corrected chi connectivity index (χ1v) is 13.9. The van der Waals surface area contributed by atoms with Crippen molar-refractivity contribution in [2.24, 2.45) is 5.73 Å². The summed E-state index contributed by atoms with van der Waals surface area (Å²) >= 11 is 0. The van der Waals surface area contributed by atoms with Crippen molar-refractivity contribution in [3.63, 3.8) is 0 Å². The lowest BCUT2D eigenvalue weighted by Gasteiger charge is -2.10. The van der Waals surface area contributed by atoms with Crippen molar-refractivity contribution < 1.29 is 0 Å². The molecule has 1 atom stereocenters. The Bertz CT molecular complexity index is 517. The molecule has 0 aliphatic rings. The molecule has 1 aromatic heterocycles. The van der Waals surface area contributed by atoms with Gasteiger partial charge in [-0.1, -0.05) is 86.6 Å². The number of nitrogens with two attached hydrogens (primary N) is 1. The Balaban J connectivity index is 1.82. The monoisotopic (exact) mass is 434 g/mol. The van der Waals surface area contributed by atoms with E-state index in [0.717, 1.165) is 23.6 Å². The van der Waals surface area contributed by atoms with Crippen LogP contribution in [0.4, 0.5) is 0 Å². The highest BCUT2D eigenvalue weighted by Gasteiger charge is 2.03. The van der Waals surface area contributed by atoms with Crippen LogP contribution in [0.3, 0.4) is 0 Å². The van der Waals surface area contributed by atoms with E-state index in [-0.39, 0.29) is 0 Å². The smallest absolute Gasteiger partial charge is 0.106 e. The van der Waals surface area contributed by atoms with Crippen LogP contribution in [0.15, 0.2) is 53.7 Å². The predicted molar refractivity (Wildman–Crippen MR) is 135 cm³/mol. The summed E-state index contributed by atoms with van der Waals surface area (Å²) in [6.07, 6.45) is 27.6. The summed E-state index contributed by atoms with van der Waals surface area (Å²) in [6, 6.07) is 6.40. The summed E-state index contributed by atoms with van der Waals surface area (Å²) in [7, 11) is 3.61. The second-order valence-electron chi connectivity index (χ2n) is 7.64. The normalized spacial score (nSPS) is 12.9. The Morgan fingerprint density at radius 1 is 0.897 bits per heavy atom. The molecule has 1 aromatic rings. The standard InChI is InChI=1S/C25H42N2S2/c1-2-3-4-5-6-7-8-9-10-11-12-13-14-15-16-19-24(26)21-23-28-29-25-20-17-18-22-27-25/h6-7,9-10,17-18,20,22,24H,2-5,8,11-16,19,21,23,26H2,1H3. The lowest BCUT2D eigenvalue weighted by atomic mass is 10.0. The number of nitrogens with zero attached hydrogens (tertiary/aromatic N) is 1. The van der Waals surface area contributed by atoms with Crippen LogP contribution in [0.25, 0.3) is 0 Å². The van der Waals surface area contributed by atoms with E-state index in [1.807, 2.05) is 29.1 Å². The van der Waals surface area contributed by atoms with Gasteiger partial charge in [0, 0.05) is 18.0 Å². The first kappa shape index (κ1) is 26.3. The van der Waals surface area contributed by atoms with Gasteiger partial charge in [0.2, 0.25) is 0 Å². The predicted octanol–water partition coefficient (Wildman–Crippen LogP) is 8.35. The summed E-state index contributed by atoms with van der Waals surface area (Å²) in [4.78, 5) is 4.32. The highest BCUT2D eigenvalue weighted by molar-refractivity contribution is 8.76. The first-order chi connectivity index (χ1) is 14.3. The Labute approximate surface area is 188 Å². The van der Waals surface area contributed by atoms with Gasteiger partial charge < -0.3 is 5.73 Å². The topological polar surface area (TPSA) is 38.9 Å². The van der Waals surface area contributed by atoms with Crippen molar-refractivity contribution in [3.05, 3.63) is 48.7 Å². The van der Waals surface area contributed by atoms with E-state index in [2.05, 4.69) is 42.3 Å². The lowest BCUT2D eigenvalue weighted by molar-refractivity contribution is 0.530. The second-order valence-corrected chi connectivity index (χ2v) is 10.1. The molecule has 2 N–H and O–H groups in total. The molecule has 1 rings (SSSR count). The highest BCUT2D eigenvalue weighted by Crippen LogP contribution is 2.29. The summed E-state index contributed by atoms with van der Waals surface area (Å²) < 4.78 is 0. The van der Waals surface area contributed by atoms with Gasteiger partial charge in [0.25, 0.3) is 0 Å². The van der Waals surface area contributed by atoms with E-state index < -0.39 is 0 Å². The molecular formula is C25H42N2S2. The molecule has 0 aromatic carbocycles. The fourth-order valence-electron chi connectivity index (χ4n) is 3.06. The van der Waals surface area contributed by atoms with Crippen LogP contribution in [0.2, 0.25) is 0 Å². The number of unbranched alkanes of at least 4 members (excludes halogenated alkanes) is 8. The Morgan fingerprint density at radius 3 is 2.34 bits per heavy atom. The maximum atomic E-state index is 6.25. The van der Waals surface area contributed by atoms with Gasteiger partial charge in [-0.3, -0.25) is 0 Å². The van der Waals surface area contributed by atoms with E-state index in [4.69, 9.17) is 5.73 Å². The quantitative estimate of drug-likeness (QED) is 0.135.